The number of aliphatic hydroxyl groups excluding tert-OH is 2. The van der Waals surface area contributed by atoms with E-state index in [-0.39, 0.29) is 0 Å². The highest BCUT2D eigenvalue weighted by molar-refractivity contribution is 8.14. The second-order valence-corrected chi connectivity index (χ2v) is 5.87. The van der Waals surface area contributed by atoms with Crippen molar-refractivity contribution in [1.29, 1.82) is 0 Å². The Kier molecular flexibility index (Phi) is 4.20. The van der Waals surface area contributed by atoms with Crippen molar-refractivity contribution in [2.45, 2.75) is 42.1 Å². The summed E-state index contributed by atoms with van der Waals surface area (Å²) in [5.74, 6) is 0. The lowest BCUT2D eigenvalue weighted by Gasteiger charge is -2.39. The average Bonchev–Trinajstić information content (AvgIpc) is 2.76. The Morgan fingerprint density at radius 3 is 2.50 bits per heavy atom. The predicted molar refractivity (Wildman–Crippen MR) is 64.1 cm³/mol. The van der Waals surface area contributed by atoms with Crippen LogP contribution >= 0.6 is 11.8 Å². The summed E-state index contributed by atoms with van der Waals surface area (Å²) in [4.78, 5) is 5.55. The third-order valence-electron chi connectivity index (χ3n) is 3.07. The number of ether oxygens (including phenoxy) is 1. The van der Waals surface area contributed by atoms with Gasteiger partial charge in [-0.1, -0.05) is 11.8 Å². The fourth-order valence-electron chi connectivity index (χ4n) is 2.01. The van der Waals surface area contributed by atoms with E-state index in [1.54, 1.807) is 19.0 Å². The molecule has 6 atom stereocenters. The molecule has 2 heterocycles. The van der Waals surface area contributed by atoms with Crippen LogP contribution in [0.2, 0.25) is 0 Å². The number of halogens is 4. The van der Waals surface area contributed by atoms with E-state index in [1.165, 1.54) is 0 Å². The molecule has 0 aliphatic carbocycles. The fourth-order valence-corrected chi connectivity index (χ4v) is 3.14. The number of hydrogen-bond acceptors (Lipinski definition) is 6. The van der Waals surface area contributed by atoms with E-state index in [9.17, 15) is 22.7 Å². The minimum atomic E-state index is -4.99. The molecule has 0 amide bonds. The molecule has 0 aromatic carbocycles. The molecule has 0 saturated carbocycles. The minimum Gasteiger partial charge on any atom is -0.387 e. The highest BCUT2D eigenvalue weighted by Crippen LogP contribution is 2.40. The third-order valence-corrected chi connectivity index (χ3v) is 4.37. The van der Waals surface area contributed by atoms with E-state index in [0.29, 0.717) is 5.17 Å². The summed E-state index contributed by atoms with van der Waals surface area (Å²) in [6, 6.07) is -1.08. The minimum absolute atomic E-state index is 0.400. The van der Waals surface area contributed by atoms with Crippen LogP contribution in [0, 0.1) is 0 Å². The van der Waals surface area contributed by atoms with Gasteiger partial charge in [0.05, 0.1) is 0 Å². The van der Waals surface area contributed by atoms with Gasteiger partial charge in [0.1, 0.15) is 23.7 Å². The van der Waals surface area contributed by atoms with Crippen molar-refractivity contribution in [3.05, 3.63) is 0 Å². The van der Waals surface area contributed by atoms with Gasteiger partial charge in [0.2, 0.25) is 0 Å². The van der Waals surface area contributed by atoms with Crippen LogP contribution in [0.25, 0.3) is 0 Å². The molecule has 0 bridgehead atoms. The molecule has 1 saturated heterocycles. The third kappa shape index (κ3) is 2.74. The Morgan fingerprint density at radius 2 is 2.00 bits per heavy atom. The molecule has 1 fully saturated rings. The molecule has 2 aliphatic rings. The fraction of sp³-hybridized carbons (Fsp3) is 0.900. The quantitative estimate of drug-likeness (QED) is 0.684. The Bertz CT molecular complexity index is 406. The van der Waals surface area contributed by atoms with Crippen molar-refractivity contribution >= 4 is 16.9 Å². The molecule has 0 aromatic rings. The second kappa shape index (κ2) is 5.32. The zero-order chi connectivity index (χ0) is 15.2. The maximum atomic E-state index is 14.0. The van der Waals surface area contributed by atoms with Gasteiger partial charge in [0.25, 0.3) is 0 Å². The largest absolute Gasteiger partial charge is 0.417 e. The molecule has 0 aromatic heterocycles. The second-order valence-electron chi connectivity index (χ2n) is 4.81. The van der Waals surface area contributed by atoms with Crippen molar-refractivity contribution in [3.63, 3.8) is 0 Å². The molecule has 2 aliphatic heterocycles. The summed E-state index contributed by atoms with van der Waals surface area (Å²) in [6.07, 6.45) is -14.1. The van der Waals surface area contributed by atoms with E-state index in [1.807, 2.05) is 0 Å². The summed E-state index contributed by atoms with van der Waals surface area (Å²) < 4.78 is 56.5. The number of thioether (sulfide) groups is 1. The molecular formula is C10H14F4N2O3S. The molecular weight excluding hydrogens is 304 g/mol. The lowest BCUT2D eigenvalue weighted by atomic mass is 9.96. The monoisotopic (exact) mass is 318 g/mol. The number of nitrogens with zero attached hydrogens (tertiary/aromatic N) is 2. The van der Waals surface area contributed by atoms with Gasteiger partial charge in [0.15, 0.2) is 17.4 Å². The number of aliphatic hydroxyl groups is 2. The summed E-state index contributed by atoms with van der Waals surface area (Å²) in [5.41, 5.74) is -0.993. The van der Waals surface area contributed by atoms with E-state index >= 15 is 0 Å². The lowest BCUT2D eigenvalue weighted by Crippen LogP contribution is -2.59. The molecule has 2 rings (SSSR count). The number of alkyl halides is 4. The maximum absolute atomic E-state index is 14.0. The Hall–Kier alpha value is -0.580. The first-order valence-corrected chi connectivity index (χ1v) is 6.65. The molecule has 5 nitrogen and oxygen atoms in total. The van der Waals surface area contributed by atoms with Crippen molar-refractivity contribution in [3.8, 4) is 0 Å². The van der Waals surface area contributed by atoms with E-state index in [2.05, 4.69) is 4.99 Å². The molecule has 5 unspecified atom stereocenters. The van der Waals surface area contributed by atoms with Crippen molar-refractivity contribution < 1.29 is 32.5 Å². The lowest BCUT2D eigenvalue weighted by molar-refractivity contribution is -0.267. The van der Waals surface area contributed by atoms with Gasteiger partial charge in [-0.15, -0.1) is 0 Å². The Balaban J connectivity index is 2.17. The summed E-state index contributed by atoms with van der Waals surface area (Å²) in [5, 5.41) is 19.2. The number of fused-ring (bicyclic) bond motifs is 1. The molecule has 2 N–H and O–H groups in total. The van der Waals surface area contributed by atoms with Crippen LogP contribution < -0.4 is 0 Å². The first-order chi connectivity index (χ1) is 9.12. The summed E-state index contributed by atoms with van der Waals surface area (Å²) in [7, 11) is 3.30. The van der Waals surface area contributed by atoms with Crippen LogP contribution in [-0.4, -0.2) is 76.5 Å². The van der Waals surface area contributed by atoms with Crippen LogP contribution in [0.3, 0.4) is 0 Å². The topological polar surface area (TPSA) is 65.3 Å². The van der Waals surface area contributed by atoms with Crippen molar-refractivity contribution in [2.75, 3.05) is 14.1 Å². The standard InChI is InChI=1S/C10H14F4N2O3S/c1-16(2)9-15-4-3(11)5(17)6(19-8(4)20-9)7(18)10(12,13)14/h3-8,17-18H,1-2H3/t3?,4?,5?,6?,7-,8?/m1/s1. The normalized spacial score (nSPS) is 39.2. The highest BCUT2D eigenvalue weighted by atomic mass is 32.2. The SMILES string of the molecule is CN(C)C1=NC2C(OC([C@@H](O)C(F)(F)F)C(O)C2F)S1. The Morgan fingerprint density at radius 1 is 1.40 bits per heavy atom. The van der Waals surface area contributed by atoms with Gasteiger partial charge in [-0.3, -0.25) is 4.99 Å². The number of amidine groups is 1. The number of hydrogen-bond donors (Lipinski definition) is 2. The van der Waals surface area contributed by atoms with Gasteiger partial charge >= 0.3 is 6.18 Å². The molecule has 20 heavy (non-hydrogen) atoms. The zero-order valence-electron chi connectivity index (χ0n) is 10.6. The van der Waals surface area contributed by atoms with Gasteiger partial charge in [0, 0.05) is 14.1 Å². The molecule has 0 radical (unpaired) electrons. The zero-order valence-corrected chi connectivity index (χ0v) is 11.4. The maximum Gasteiger partial charge on any atom is 0.417 e. The average molecular weight is 318 g/mol. The van der Waals surface area contributed by atoms with Gasteiger partial charge in [-0.05, 0) is 0 Å². The van der Waals surface area contributed by atoms with Crippen LogP contribution in [0.15, 0.2) is 4.99 Å². The first kappa shape index (κ1) is 15.8. The molecule has 0 spiro atoms. The summed E-state index contributed by atoms with van der Waals surface area (Å²) in [6.45, 7) is 0. The van der Waals surface area contributed by atoms with Crippen LogP contribution in [0.1, 0.15) is 0 Å². The number of rotatable bonds is 1. The predicted octanol–water partition coefficient (Wildman–Crippen LogP) is 0.366. The van der Waals surface area contributed by atoms with Crippen LogP contribution in [-0.2, 0) is 4.74 Å². The summed E-state index contributed by atoms with van der Waals surface area (Å²) >= 11 is 0.964. The Labute approximate surface area is 116 Å². The van der Waals surface area contributed by atoms with E-state index < -0.39 is 42.1 Å². The highest BCUT2D eigenvalue weighted by Gasteiger charge is 2.56. The van der Waals surface area contributed by atoms with E-state index in [0.717, 1.165) is 11.8 Å². The van der Waals surface area contributed by atoms with Gasteiger partial charge in [-0.2, -0.15) is 13.2 Å². The molecule has 10 heteroatoms. The van der Waals surface area contributed by atoms with Crippen LogP contribution in [0.4, 0.5) is 17.6 Å². The number of aliphatic imine (C=N–C) groups is 1. The van der Waals surface area contributed by atoms with Gasteiger partial charge < -0.3 is 19.8 Å². The smallest absolute Gasteiger partial charge is 0.387 e. The van der Waals surface area contributed by atoms with E-state index in [4.69, 9.17) is 9.84 Å². The van der Waals surface area contributed by atoms with Crippen LogP contribution in [0.5, 0.6) is 0 Å². The van der Waals surface area contributed by atoms with Gasteiger partial charge in [-0.25, -0.2) is 4.39 Å². The first-order valence-electron chi connectivity index (χ1n) is 5.77. The molecule has 116 valence electrons. The van der Waals surface area contributed by atoms with Crippen molar-refractivity contribution in [1.82, 2.24) is 4.90 Å². The van der Waals surface area contributed by atoms with Crippen molar-refractivity contribution in [2.24, 2.45) is 4.99 Å².